The van der Waals surface area contributed by atoms with Crippen LogP contribution in [-0.2, 0) is 15.8 Å². The summed E-state index contributed by atoms with van der Waals surface area (Å²) in [6, 6.07) is 17.1. The summed E-state index contributed by atoms with van der Waals surface area (Å²) in [5, 5.41) is 4.51. The second kappa shape index (κ2) is 11.3. The monoisotopic (exact) mass is 536 g/mol. The van der Waals surface area contributed by atoms with Crippen molar-refractivity contribution >= 4 is 15.7 Å². The molecule has 2 aliphatic rings. The summed E-state index contributed by atoms with van der Waals surface area (Å²) in [7, 11) is -3.44. The summed E-state index contributed by atoms with van der Waals surface area (Å²) >= 11 is 0. The first-order valence-electron chi connectivity index (χ1n) is 13.5. The molecule has 0 spiro atoms. The molecular formula is C29H36N4O4S. The topological polar surface area (TPSA) is 84.7 Å². The fraction of sp³-hybridized carbons (Fsp3) is 0.448. The van der Waals surface area contributed by atoms with E-state index in [9.17, 15) is 13.2 Å². The normalized spacial score (nSPS) is 17.3. The zero-order valence-electron chi connectivity index (χ0n) is 22.1. The SMILES string of the molecule is CC(C)c1ccc(-n2ncc(N3CCN(S(=O)(=O)Cc4ccccc4)CC3)c(OC3CCCC3)c2=O)cc1. The molecular weight excluding hydrogens is 500 g/mol. The first-order valence-corrected chi connectivity index (χ1v) is 15.1. The van der Waals surface area contributed by atoms with Crippen LogP contribution in [0.4, 0.5) is 5.69 Å². The van der Waals surface area contributed by atoms with Crippen LogP contribution < -0.4 is 15.2 Å². The van der Waals surface area contributed by atoms with Gasteiger partial charge in [-0.3, -0.25) is 4.79 Å². The number of piperazine rings is 1. The fourth-order valence-corrected chi connectivity index (χ4v) is 6.72. The molecule has 202 valence electrons. The lowest BCUT2D eigenvalue weighted by molar-refractivity contribution is 0.205. The molecule has 0 unspecified atom stereocenters. The van der Waals surface area contributed by atoms with Crippen LogP contribution in [-0.4, -0.2) is 54.8 Å². The second-order valence-corrected chi connectivity index (χ2v) is 12.4. The zero-order valence-corrected chi connectivity index (χ0v) is 22.9. The molecule has 1 saturated carbocycles. The van der Waals surface area contributed by atoms with Gasteiger partial charge in [0.25, 0.3) is 0 Å². The number of benzene rings is 2. The first kappa shape index (κ1) is 26.4. The summed E-state index contributed by atoms with van der Waals surface area (Å²) in [5.74, 6) is 0.685. The van der Waals surface area contributed by atoms with Gasteiger partial charge in [0.1, 0.15) is 5.69 Å². The summed E-state index contributed by atoms with van der Waals surface area (Å²) < 4.78 is 35.4. The molecule has 2 aromatic carbocycles. The van der Waals surface area contributed by atoms with Crippen LogP contribution in [0, 0.1) is 0 Å². The van der Waals surface area contributed by atoms with Gasteiger partial charge in [-0.15, -0.1) is 0 Å². The summed E-state index contributed by atoms with van der Waals surface area (Å²) in [6.45, 7) is 5.88. The highest BCUT2D eigenvalue weighted by Gasteiger charge is 2.30. The quantitative estimate of drug-likeness (QED) is 0.426. The number of hydrogen-bond donors (Lipinski definition) is 0. The van der Waals surface area contributed by atoms with Gasteiger partial charge >= 0.3 is 5.56 Å². The van der Waals surface area contributed by atoms with E-state index in [1.54, 1.807) is 10.5 Å². The van der Waals surface area contributed by atoms with E-state index in [1.165, 1.54) is 10.2 Å². The molecule has 2 heterocycles. The second-order valence-electron chi connectivity index (χ2n) is 10.5. The average molecular weight is 537 g/mol. The van der Waals surface area contributed by atoms with Crippen molar-refractivity contribution in [3.8, 4) is 11.4 Å². The van der Waals surface area contributed by atoms with Crippen molar-refractivity contribution in [2.24, 2.45) is 0 Å². The molecule has 1 aromatic heterocycles. The third-order valence-corrected chi connectivity index (χ3v) is 9.32. The smallest absolute Gasteiger partial charge is 0.316 e. The van der Waals surface area contributed by atoms with Crippen molar-refractivity contribution < 1.29 is 13.2 Å². The lowest BCUT2D eigenvalue weighted by atomic mass is 10.0. The van der Waals surface area contributed by atoms with Gasteiger partial charge in [0, 0.05) is 26.2 Å². The molecule has 1 aliphatic carbocycles. The van der Waals surface area contributed by atoms with E-state index in [-0.39, 0.29) is 17.4 Å². The largest absolute Gasteiger partial charge is 0.483 e. The van der Waals surface area contributed by atoms with E-state index >= 15 is 0 Å². The summed E-state index contributed by atoms with van der Waals surface area (Å²) in [5.41, 5.74) is 3.01. The molecule has 2 fully saturated rings. The third kappa shape index (κ3) is 5.78. The van der Waals surface area contributed by atoms with Gasteiger partial charge < -0.3 is 9.64 Å². The molecule has 0 N–H and O–H groups in total. The average Bonchev–Trinajstić information content (AvgIpc) is 3.44. The molecule has 1 aliphatic heterocycles. The van der Waals surface area contributed by atoms with Crippen LogP contribution in [0.25, 0.3) is 5.69 Å². The van der Waals surface area contributed by atoms with Gasteiger partial charge in [-0.05, 0) is 54.9 Å². The van der Waals surface area contributed by atoms with Gasteiger partial charge in [-0.25, -0.2) is 8.42 Å². The van der Waals surface area contributed by atoms with Crippen molar-refractivity contribution in [1.82, 2.24) is 14.1 Å². The maximum Gasteiger partial charge on any atom is 0.316 e. The van der Waals surface area contributed by atoms with Gasteiger partial charge in [0.15, 0.2) is 0 Å². The highest BCUT2D eigenvalue weighted by Crippen LogP contribution is 2.30. The van der Waals surface area contributed by atoms with Gasteiger partial charge in [0.05, 0.1) is 23.7 Å². The number of rotatable bonds is 8. The van der Waals surface area contributed by atoms with Crippen LogP contribution in [0.5, 0.6) is 5.75 Å². The summed E-state index contributed by atoms with van der Waals surface area (Å²) in [4.78, 5) is 15.7. The predicted octanol–water partition coefficient (Wildman–Crippen LogP) is 4.33. The van der Waals surface area contributed by atoms with Gasteiger partial charge in [-0.1, -0.05) is 56.3 Å². The Morgan fingerprint density at radius 2 is 1.61 bits per heavy atom. The molecule has 0 bridgehead atoms. The van der Waals surface area contributed by atoms with Crippen LogP contribution in [0.3, 0.4) is 0 Å². The Labute approximate surface area is 224 Å². The Morgan fingerprint density at radius 3 is 2.24 bits per heavy atom. The van der Waals surface area contributed by atoms with Crippen molar-refractivity contribution in [3.63, 3.8) is 0 Å². The van der Waals surface area contributed by atoms with E-state index in [4.69, 9.17) is 4.74 Å². The Morgan fingerprint density at radius 1 is 0.947 bits per heavy atom. The number of nitrogens with zero attached hydrogens (tertiary/aromatic N) is 4. The minimum Gasteiger partial charge on any atom is -0.483 e. The minimum absolute atomic E-state index is 0.00755. The number of aromatic nitrogens is 2. The maximum absolute atomic E-state index is 13.7. The number of hydrogen-bond acceptors (Lipinski definition) is 6. The molecule has 5 rings (SSSR count). The molecule has 0 amide bonds. The molecule has 0 atom stereocenters. The molecule has 38 heavy (non-hydrogen) atoms. The van der Waals surface area contributed by atoms with Crippen molar-refractivity contribution in [2.45, 2.75) is 57.3 Å². The third-order valence-electron chi connectivity index (χ3n) is 7.47. The van der Waals surface area contributed by atoms with E-state index in [1.807, 2.05) is 59.5 Å². The maximum atomic E-state index is 13.7. The van der Waals surface area contributed by atoms with Crippen LogP contribution in [0.15, 0.2) is 65.6 Å². The number of sulfonamides is 1. The van der Waals surface area contributed by atoms with Crippen molar-refractivity contribution in [2.75, 3.05) is 31.1 Å². The highest BCUT2D eigenvalue weighted by molar-refractivity contribution is 7.88. The molecule has 0 radical (unpaired) electrons. The molecule has 9 heteroatoms. The Hall–Kier alpha value is -3.17. The van der Waals surface area contributed by atoms with Gasteiger partial charge in [-0.2, -0.15) is 14.1 Å². The molecule has 1 saturated heterocycles. The van der Waals surface area contributed by atoms with Crippen molar-refractivity contribution in [1.29, 1.82) is 0 Å². The van der Waals surface area contributed by atoms with Crippen LogP contribution >= 0.6 is 0 Å². The number of anilines is 1. The van der Waals surface area contributed by atoms with Crippen LogP contribution in [0.2, 0.25) is 0 Å². The molecule has 8 nitrogen and oxygen atoms in total. The summed E-state index contributed by atoms with van der Waals surface area (Å²) in [6.07, 6.45) is 5.73. The lowest BCUT2D eigenvalue weighted by Gasteiger charge is -2.36. The van der Waals surface area contributed by atoms with Crippen molar-refractivity contribution in [3.05, 3.63) is 82.3 Å². The Balaban J connectivity index is 1.38. The van der Waals surface area contributed by atoms with E-state index in [0.717, 1.165) is 31.2 Å². The standard InChI is InChI=1S/C29H36N4O4S/c1-22(2)24-12-14-25(15-13-24)33-29(34)28(37-26-10-6-7-11-26)27(20-30-33)31-16-18-32(19-17-31)38(35,36)21-23-8-4-3-5-9-23/h3-5,8-9,12-15,20,22,26H,6-7,10-11,16-19,21H2,1-2H3. The fourth-order valence-electron chi connectivity index (χ4n) is 5.21. The van der Waals surface area contributed by atoms with E-state index in [2.05, 4.69) is 18.9 Å². The van der Waals surface area contributed by atoms with Gasteiger partial charge in [0.2, 0.25) is 15.8 Å². The predicted molar refractivity (Wildman–Crippen MR) is 150 cm³/mol. The highest BCUT2D eigenvalue weighted by atomic mass is 32.2. The first-order chi connectivity index (χ1) is 18.3. The number of ether oxygens (including phenoxy) is 1. The minimum atomic E-state index is -3.44. The molecule has 3 aromatic rings. The Bertz CT molecular complexity index is 1390. The Kier molecular flexibility index (Phi) is 7.85. The van der Waals surface area contributed by atoms with E-state index in [0.29, 0.717) is 49.2 Å². The van der Waals surface area contributed by atoms with E-state index < -0.39 is 10.0 Å². The lowest BCUT2D eigenvalue weighted by Crippen LogP contribution is -2.49. The van der Waals surface area contributed by atoms with Crippen LogP contribution in [0.1, 0.15) is 56.6 Å². The zero-order chi connectivity index (χ0) is 26.7.